The molecule has 1 unspecified atom stereocenters. The van der Waals surface area contributed by atoms with E-state index in [0.717, 1.165) is 16.7 Å². The van der Waals surface area contributed by atoms with E-state index >= 15 is 0 Å². The Hall–Kier alpha value is -3.37. The van der Waals surface area contributed by atoms with Crippen molar-refractivity contribution < 1.29 is 14.7 Å². The molecule has 0 aromatic heterocycles. The predicted molar refractivity (Wildman–Crippen MR) is 122 cm³/mol. The van der Waals surface area contributed by atoms with Crippen molar-refractivity contribution in [1.82, 2.24) is 4.90 Å². The number of aliphatic hydroxyl groups excluding tert-OH is 1. The number of likely N-dealkylation sites (tertiary alicyclic amines) is 1. The quantitative estimate of drug-likeness (QED) is 0.338. The molecule has 4 nitrogen and oxygen atoms in total. The minimum absolute atomic E-state index is 0.101. The first-order chi connectivity index (χ1) is 15.0. The number of carbonyl (C=O) groups excluding carboxylic acids is 2. The molecule has 5 heteroatoms. The molecule has 0 spiro atoms. The van der Waals surface area contributed by atoms with E-state index in [1.165, 1.54) is 0 Å². The standard InChI is InChI=1S/C26H22ClNO3/c1-17-7-9-19(10-8-17)23-22(24(29)20-11-13-21(27)14-12-20)25(30)26(31)28(23)16-15-18-5-3-2-4-6-18/h2-14,23,29H,15-16H2,1H3. The molecule has 1 aliphatic heterocycles. The van der Waals surface area contributed by atoms with Crippen molar-refractivity contribution >= 4 is 29.1 Å². The van der Waals surface area contributed by atoms with Gasteiger partial charge in [0.25, 0.3) is 11.7 Å². The van der Waals surface area contributed by atoms with Crippen molar-refractivity contribution in [1.29, 1.82) is 0 Å². The third-order valence-electron chi connectivity index (χ3n) is 5.53. The molecule has 31 heavy (non-hydrogen) atoms. The molecule has 0 aliphatic carbocycles. The van der Waals surface area contributed by atoms with Crippen molar-refractivity contribution in [2.45, 2.75) is 19.4 Å². The number of ketones is 1. The van der Waals surface area contributed by atoms with Crippen LogP contribution in [0, 0.1) is 6.92 Å². The summed E-state index contributed by atoms with van der Waals surface area (Å²) in [5, 5.41) is 11.5. The van der Waals surface area contributed by atoms with Crippen LogP contribution in [-0.2, 0) is 16.0 Å². The zero-order valence-electron chi connectivity index (χ0n) is 17.1. The van der Waals surface area contributed by atoms with Crippen LogP contribution in [0.2, 0.25) is 5.02 Å². The van der Waals surface area contributed by atoms with Gasteiger partial charge in [-0.15, -0.1) is 0 Å². The van der Waals surface area contributed by atoms with Gasteiger partial charge in [-0.3, -0.25) is 9.59 Å². The van der Waals surface area contributed by atoms with Crippen LogP contribution in [0.3, 0.4) is 0 Å². The highest BCUT2D eigenvalue weighted by Gasteiger charge is 2.45. The van der Waals surface area contributed by atoms with Gasteiger partial charge in [-0.2, -0.15) is 0 Å². The number of carbonyl (C=O) groups is 2. The van der Waals surface area contributed by atoms with Crippen LogP contribution in [-0.4, -0.2) is 28.2 Å². The van der Waals surface area contributed by atoms with Crippen LogP contribution in [0.5, 0.6) is 0 Å². The Balaban J connectivity index is 1.78. The third kappa shape index (κ3) is 4.25. The average molecular weight is 432 g/mol. The van der Waals surface area contributed by atoms with Crippen LogP contribution >= 0.6 is 11.6 Å². The summed E-state index contributed by atoms with van der Waals surface area (Å²) in [7, 11) is 0. The van der Waals surface area contributed by atoms with Gasteiger partial charge in [-0.25, -0.2) is 0 Å². The number of Topliss-reactive ketones (excluding diaryl/α,β-unsaturated/α-hetero) is 1. The summed E-state index contributed by atoms with van der Waals surface area (Å²) in [6.45, 7) is 2.34. The van der Waals surface area contributed by atoms with Crippen molar-refractivity contribution in [2.24, 2.45) is 0 Å². The lowest BCUT2D eigenvalue weighted by Crippen LogP contribution is -2.31. The maximum atomic E-state index is 13.0. The lowest BCUT2D eigenvalue weighted by Gasteiger charge is -2.25. The van der Waals surface area contributed by atoms with E-state index in [-0.39, 0.29) is 11.3 Å². The number of aliphatic hydroxyl groups is 1. The normalized spacial score (nSPS) is 17.9. The van der Waals surface area contributed by atoms with Crippen molar-refractivity contribution in [3.05, 3.63) is 112 Å². The Morgan fingerprint density at radius 1 is 0.935 bits per heavy atom. The molecule has 1 aliphatic rings. The molecule has 3 aromatic carbocycles. The van der Waals surface area contributed by atoms with Gasteiger partial charge in [0.1, 0.15) is 5.76 Å². The summed E-state index contributed by atoms with van der Waals surface area (Å²) < 4.78 is 0. The number of benzene rings is 3. The fraction of sp³-hybridized carbons (Fsp3) is 0.154. The lowest BCUT2D eigenvalue weighted by molar-refractivity contribution is -0.139. The van der Waals surface area contributed by atoms with E-state index in [0.29, 0.717) is 23.6 Å². The van der Waals surface area contributed by atoms with Gasteiger partial charge in [0, 0.05) is 17.1 Å². The summed E-state index contributed by atoms with van der Waals surface area (Å²) in [6.07, 6.45) is 0.608. The number of aryl methyl sites for hydroxylation is 1. The van der Waals surface area contributed by atoms with Crippen molar-refractivity contribution in [3.8, 4) is 0 Å². The van der Waals surface area contributed by atoms with Gasteiger partial charge in [0.2, 0.25) is 0 Å². The molecule has 4 rings (SSSR count). The van der Waals surface area contributed by atoms with Gasteiger partial charge in [0.15, 0.2) is 0 Å². The highest BCUT2D eigenvalue weighted by atomic mass is 35.5. The number of hydrogen-bond donors (Lipinski definition) is 1. The topological polar surface area (TPSA) is 57.6 Å². The number of rotatable bonds is 5. The Kier molecular flexibility index (Phi) is 5.92. The molecule has 1 heterocycles. The molecule has 1 saturated heterocycles. The minimum Gasteiger partial charge on any atom is -0.507 e. The highest BCUT2D eigenvalue weighted by Crippen LogP contribution is 2.39. The van der Waals surface area contributed by atoms with E-state index < -0.39 is 17.7 Å². The van der Waals surface area contributed by atoms with Crippen LogP contribution in [0.15, 0.2) is 84.4 Å². The maximum Gasteiger partial charge on any atom is 0.295 e. The van der Waals surface area contributed by atoms with Crippen LogP contribution in [0.25, 0.3) is 5.76 Å². The van der Waals surface area contributed by atoms with Gasteiger partial charge in [-0.05, 0) is 48.7 Å². The highest BCUT2D eigenvalue weighted by molar-refractivity contribution is 6.46. The molecule has 156 valence electrons. The van der Waals surface area contributed by atoms with E-state index in [1.807, 2.05) is 61.5 Å². The van der Waals surface area contributed by atoms with Gasteiger partial charge < -0.3 is 10.0 Å². The monoisotopic (exact) mass is 431 g/mol. The first kappa shape index (κ1) is 20.9. The smallest absolute Gasteiger partial charge is 0.295 e. The zero-order chi connectivity index (χ0) is 22.0. The maximum absolute atomic E-state index is 13.0. The first-order valence-electron chi connectivity index (χ1n) is 10.1. The Morgan fingerprint density at radius 2 is 1.58 bits per heavy atom. The average Bonchev–Trinajstić information content (AvgIpc) is 3.04. The molecule has 0 radical (unpaired) electrons. The number of hydrogen-bond acceptors (Lipinski definition) is 3. The predicted octanol–water partition coefficient (Wildman–Crippen LogP) is 5.31. The molecule has 0 bridgehead atoms. The van der Waals surface area contributed by atoms with Crippen LogP contribution in [0.1, 0.15) is 28.3 Å². The Labute approximate surface area is 186 Å². The summed E-state index contributed by atoms with van der Waals surface area (Å²) >= 11 is 5.96. The van der Waals surface area contributed by atoms with E-state index in [1.54, 1.807) is 29.2 Å². The van der Waals surface area contributed by atoms with Gasteiger partial charge >= 0.3 is 0 Å². The SMILES string of the molecule is Cc1ccc(C2C(=C(O)c3ccc(Cl)cc3)C(=O)C(=O)N2CCc2ccccc2)cc1. The number of halogens is 1. The third-order valence-corrected chi connectivity index (χ3v) is 5.79. The Morgan fingerprint density at radius 3 is 2.23 bits per heavy atom. The molecule has 1 atom stereocenters. The summed E-state index contributed by atoms with van der Waals surface area (Å²) in [5.41, 5.74) is 3.48. The summed E-state index contributed by atoms with van der Waals surface area (Å²) in [5.74, 6) is -1.47. The zero-order valence-corrected chi connectivity index (χ0v) is 17.8. The fourth-order valence-corrected chi connectivity index (χ4v) is 3.99. The number of amides is 1. The van der Waals surface area contributed by atoms with Crippen molar-refractivity contribution in [3.63, 3.8) is 0 Å². The van der Waals surface area contributed by atoms with Gasteiger partial charge in [0.05, 0.1) is 11.6 Å². The molecule has 1 N–H and O–H groups in total. The van der Waals surface area contributed by atoms with E-state index in [9.17, 15) is 14.7 Å². The molecular weight excluding hydrogens is 410 g/mol. The molecule has 3 aromatic rings. The van der Waals surface area contributed by atoms with E-state index in [2.05, 4.69) is 0 Å². The number of nitrogens with zero attached hydrogens (tertiary/aromatic N) is 1. The second-order valence-corrected chi connectivity index (χ2v) is 8.08. The second kappa shape index (κ2) is 8.78. The van der Waals surface area contributed by atoms with Crippen LogP contribution in [0.4, 0.5) is 0 Å². The molecule has 0 saturated carbocycles. The lowest BCUT2D eigenvalue weighted by atomic mass is 9.94. The largest absolute Gasteiger partial charge is 0.507 e. The van der Waals surface area contributed by atoms with Crippen LogP contribution < -0.4 is 0 Å². The van der Waals surface area contributed by atoms with E-state index in [4.69, 9.17) is 11.6 Å². The summed E-state index contributed by atoms with van der Waals surface area (Å²) in [4.78, 5) is 27.6. The summed E-state index contributed by atoms with van der Waals surface area (Å²) in [6, 6.07) is 23.4. The van der Waals surface area contributed by atoms with Crippen molar-refractivity contribution in [2.75, 3.05) is 6.54 Å². The molecular formula is C26H22ClNO3. The minimum atomic E-state index is -0.675. The first-order valence-corrected chi connectivity index (χ1v) is 10.5. The Bertz CT molecular complexity index is 1140. The molecule has 1 amide bonds. The fourth-order valence-electron chi connectivity index (χ4n) is 3.86. The van der Waals surface area contributed by atoms with Gasteiger partial charge in [-0.1, -0.05) is 71.8 Å². The molecule has 1 fully saturated rings. The second-order valence-electron chi connectivity index (χ2n) is 7.65.